The molecule has 32 heavy (non-hydrogen) atoms. The number of nitrogens with two attached hydrogens (primary N) is 1. The molecule has 0 fully saturated rings. The van der Waals surface area contributed by atoms with E-state index in [9.17, 15) is 14.3 Å². The molecule has 1 atom stereocenters. The minimum absolute atomic E-state index is 0.387. The highest BCUT2D eigenvalue weighted by atomic mass is 32.2. The number of amides is 1. The van der Waals surface area contributed by atoms with Gasteiger partial charge in [0.05, 0.1) is 0 Å². The van der Waals surface area contributed by atoms with Crippen LogP contribution in [0.5, 0.6) is 0 Å². The highest BCUT2D eigenvalue weighted by Gasteiger charge is 2.48. The van der Waals surface area contributed by atoms with Crippen molar-refractivity contribution in [3.63, 3.8) is 0 Å². The van der Waals surface area contributed by atoms with Crippen molar-refractivity contribution in [2.45, 2.75) is 24.6 Å². The van der Waals surface area contributed by atoms with Crippen molar-refractivity contribution in [1.29, 1.82) is 0 Å². The number of pyridine rings is 1. The molecule has 0 radical (unpaired) electrons. The van der Waals surface area contributed by atoms with E-state index in [1.807, 2.05) is 55.5 Å². The fourth-order valence-electron chi connectivity index (χ4n) is 3.30. The molecular weight excluding hydrogens is 427 g/mol. The van der Waals surface area contributed by atoms with Crippen LogP contribution in [0.3, 0.4) is 0 Å². The maximum atomic E-state index is 13.6. The number of aryl methyl sites for hydroxylation is 1. The van der Waals surface area contributed by atoms with Crippen molar-refractivity contribution >= 4 is 22.9 Å². The van der Waals surface area contributed by atoms with E-state index < -0.39 is 11.0 Å². The normalized spacial score (nSPS) is 17.3. The van der Waals surface area contributed by atoms with E-state index in [2.05, 4.69) is 10.1 Å². The van der Waals surface area contributed by atoms with Crippen molar-refractivity contribution < 1.29 is 14.3 Å². The summed E-state index contributed by atoms with van der Waals surface area (Å²) in [6.45, 7) is 2.41. The summed E-state index contributed by atoms with van der Waals surface area (Å²) in [6, 6.07) is 21.2. The van der Waals surface area contributed by atoms with Gasteiger partial charge in [-0.25, -0.2) is 9.18 Å². The molecule has 6 nitrogen and oxygen atoms in total. The van der Waals surface area contributed by atoms with Gasteiger partial charge in [0.25, 0.3) is 0 Å². The third-order valence-electron chi connectivity index (χ3n) is 4.81. The molecule has 1 aliphatic rings. The van der Waals surface area contributed by atoms with Crippen molar-refractivity contribution in [2.24, 2.45) is 10.8 Å². The van der Waals surface area contributed by atoms with E-state index in [1.165, 1.54) is 23.9 Å². The number of hydrogen-bond acceptors (Lipinski definition) is 5. The lowest BCUT2D eigenvalue weighted by atomic mass is 10.0. The summed E-state index contributed by atoms with van der Waals surface area (Å²) >= 11 is 1.32. The molecule has 1 aliphatic heterocycles. The average Bonchev–Trinajstić information content (AvgIpc) is 3.21. The molecule has 3 N–H and O–H groups in total. The lowest BCUT2D eigenvalue weighted by molar-refractivity contribution is 0.114. The Bertz CT molecular complexity index is 1070. The van der Waals surface area contributed by atoms with Crippen molar-refractivity contribution in [2.75, 3.05) is 6.54 Å². The second-order valence-corrected chi connectivity index (χ2v) is 8.39. The highest BCUT2D eigenvalue weighted by Crippen LogP contribution is 2.50. The van der Waals surface area contributed by atoms with Crippen LogP contribution in [-0.4, -0.2) is 32.8 Å². The van der Waals surface area contributed by atoms with Crippen LogP contribution in [0.2, 0.25) is 0 Å². The molecule has 0 spiro atoms. The van der Waals surface area contributed by atoms with Gasteiger partial charge in [-0.05, 0) is 56.1 Å². The first-order valence-electron chi connectivity index (χ1n) is 10.2. The molecule has 0 saturated carbocycles. The van der Waals surface area contributed by atoms with Gasteiger partial charge < -0.3 is 10.8 Å². The second kappa shape index (κ2) is 10.9. The predicted octanol–water partition coefficient (Wildman–Crippen LogP) is 5.20. The van der Waals surface area contributed by atoms with E-state index in [1.54, 1.807) is 18.3 Å². The first-order valence-corrected chi connectivity index (χ1v) is 11.0. The Morgan fingerprint density at radius 2 is 1.88 bits per heavy atom. The lowest BCUT2D eigenvalue weighted by Gasteiger charge is -2.34. The van der Waals surface area contributed by atoms with Crippen LogP contribution in [-0.2, 0) is 4.87 Å². The third kappa shape index (κ3) is 5.52. The van der Waals surface area contributed by atoms with Gasteiger partial charge >= 0.3 is 6.09 Å². The maximum Gasteiger partial charge on any atom is 0.429 e. The third-order valence-corrected chi connectivity index (χ3v) is 6.27. The molecule has 1 aromatic heterocycles. The van der Waals surface area contributed by atoms with E-state index in [4.69, 9.17) is 5.73 Å². The van der Waals surface area contributed by atoms with Crippen molar-refractivity contribution in [3.05, 3.63) is 102 Å². The van der Waals surface area contributed by atoms with Crippen molar-refractivity contribution in [3.8, 4) is 0 Å². The van der Waals surface area contributed by atoms with E-state index >= 15 is 0 Å². The SMILES string of the molecule is Cc1ccccn1.NCCCC1(c2ccccc2)SC(c2cccc(F)c2)=NN1C(=O)O. The van der Waals surface area contributed by atoms with Gasteiger partial charge in [0, 0.05) is 17.5 Å². The number of halogens is 1. The Morgan fingerprint density at radius 3 is 2.44 bits per heavy atom. The predicted molar refractivity (Wildman–Crippen MR) is 126 cm³/mol. The number of hydrazone groups is 1. The molecule has 2 aromatic carbocycles. The topological polar surface area (TPSA) is 91.8 Å². The fourth-order valence-corrected chi connectivity index (χ4v) is 4.69. The Balaban J connectivity index is 0.000000352. The molecule has 2 heterocycles. The first-order chi connectivity index (χ1) is 15.5. The summed E-state index contributed by atoms with van der Waals surface area (Å²) in [4.78, 5) is 15.0. The summed E-state index contributed by atoms with van der Waals surface area (Å²) in [5.74, 6) is -0.387. The molecular formula is C24H25FN4O2S. The zero-order valence-electron chi connectivity index (χ0n) is 17.7. The fraction of sp³-hybridized carbons (Fsp3) is 0.208. The minimum atomic E-state index is -1.15. The van der Waals surface area contributed by atoms with E-state index in [-0.39, 0.29) is 5.82 Å². The van der Waals surface area contributed by atoms with Crippen LogP contribution in [0, 0.1) is 12.7 Å². The Labute approximate surface area is 191 Å². The van der Waals surface area contributed by atoms with Crippen LogP contribution < -0.4 is 5.73 Å². The quantitative estimate of drug-likeness (QED) is 0.555. The molecule has 8 heteroatoms. The summed E-state index contributed by atoms with van der Waals surface area (Å²) in [7, 11) is 0. The average molecular weight is 453 g/mol. The molecule has 0 saturated heterocycles. The van der Waals surface area contributed by atoms with Crippen LogP contribution in [0.1, 0.15) is 29.7 Å². The Hall–Kier alpha value is -3.23. The largest absolute Gasteiger partial charge is 0.464 e. The summed E-state index contributed by atoms with van der Waals surface area (Å²) in [5.41, 5.74) is 8.12. The number of thioether (sulfide) groups is 1. The van der Waals surface area contributed by atoms with Crippen LogP contribution in [0.4, 0.5) is 9.18 Å². The standard InChI is InChI=1S/C18H18FN3O2S.C6H7N/c19-15-9-4-6-13(12-15)16-21-22(17(23)24)18(25-16,10-5-11-20)14-7-2-1-3-8-14;1-6-4-2-3-5-7-6/h1-4,6-9,12H,5,10-11,20H2,(H,23,24);2-5H,1H3. The number of rotatable bonds is 5. The van der Waals surface area contributed by atoms with Crippen LogP contribution >= 0.6 is 11.8 Å². The van der Waals surface area contributed by atoms with E-state index in [0.29, 0.717) is 30.0 Å². The number of hydrogen-bond donors (Lipinski definition) is 2. The van der Waals surface area contributed by atoms with Gasteiger partial charge in [0.2, 0.25) is 0 Å². The van der Waals surface area contributed by atoms with Gasteiger partial charge in [0.1, 0.15) is 15.7 Å². The van der Waals surface area contributed by atoms with Gasteiger partial charge in [-0.3, -0.25) is 4.98 Å². The molecule has 1 amide bonds. The molecule has 0 bridgehead atoms. The van der Waals surface area contributed by atoms with Gasteiger partial charge in [0.15, 0.2) is 0 Å². The number of benzene rings is 2. The zero-order valence-corrected chi connectivity index (χ0v) is 18.5. The molecule has 4 rings (SSSR count). The molecule has 0 aliphatic carbocycles. The smallest absolute Gasteiger partial charge is 0.429 e. The molecule has 166 valence electrons. The van der Waals surface area contributed by atoms with Gasteiger partial charge in [-0.1, -0.05) is 60.3 Å². The van der Waals surface area contributed by atoms with Crippen LogP contribution in [0.15, 0.2) is 84.1 Å². The Morgan fingerprint density at radius 1 is 1.12 bits per heavy atom. The number of aromatic nitrogens is 1. The maximum absolute atomic E-state index is 13.6. The Kier molecular flexibility index (Phi) is 7.97. The lowest BCUT2D eigenvalue weighted by Crippen LogP contribution is -2.41. The second-order valence-electron chi connectivity index (χ2n) is 7.13. The number of carbonyl (C=O) groups is 1. The van der Waals surface area contributed by atoms with E-state index in [0.717, 1.165) is 16.3 Å². The monoisotopic (exact) mass is 452 g/mol. The number of nitrogens with zero attached hydrogens (tertiary/aromatic N) is 3. The zero-order chi connectivity index (χ0) is 23.0. The molecule has 3 aromatic rings. The van der Waals surface area contributed by atoms with Gasteiger partial charge in [-0.15, -0.1) is 0 Å². The summed E-state index contributed by atoms with van der Waals surface area (Å²) in [5, 5.41) is 15.6. The first kappa shape index (κ1) is 23.4. The van der Waals surface area contributed by atoms with Crippen LogP contribution in [0.25, 0.3) is 0 Å². The number of carboxylic acid groups (broad SMARTS) is 1. The van der Waals surface area contributed by atoms with Crippen molar-refractivity contribution in [1.82, 2.24) is 9.99 Å². The van der Waals surface area contributed by atoms with Gasteiger partial charge in [-0.2, -0.15) is 10.1 Å². The minimum Gasteiger partial charge on any atom is -0.464 e. The summed E-state index contributed by atoms with van der Waals surface area (Å²) < 4.78 is 13.6. The highest BCUT2D eigenvalue weighted by molar-refractivity contribution is 8.15. The summed E-state index contributed by atoms with van der Waals surface area (Å²) in [6.07, 6.45) is 1.78. The molecule has 1 unspecified atom stereocenters.